The maximum absolute atomic E-state index is 13.2. The second kappa shape index (κ2) is 8.79. The van der Waals surface area contributed by atoms with E-state index in [9.17, 15) is 18.8 Å². The summed E-state index contributed by atoms with van der Waals surface area (Å²) >= 11 is 0. The number of rotatable bonds is 5. The number of halogens is 1. The van der Waals surface area contributed by atoms with Crippen molar-refractivity contribution < 1.29 is 18.8 Å². The van der Waals surface area contributed by atoms with Gasteiger partial charge in [-0.15, -0.1) is 0 Å². The Kier molecular flexibility index (Phi) is 5.75. The lowest BCUT2D eigenvalue weighted by Crippen LogP contribution is -2.28. The summed E-state index contributed by atoms with van der Waals surface area (Å²) in [5, 5.41) is 5.58. The van der Waals surface area contributed by atoms with Gasteiger partial charge in [0.15, 0.2) is 0 Å². The number of amides is 3. The molecule has 0 radical (unpaired) electrons. The molecule has 1 aliphatic rings. The van der Waals surface area contributed by atoms with Crippen LogP contribution in [0.4, 0.5) is 21.5 Å². The van der Waals surface area contributed by atoms with Crippen molar-refractivity contribution >= 4 is 34.8 Å². The summed E-state index contributed by atoms with van der Waals surface area (Å²) < 4.78 is 13.2. The van der Waals surface area contributed by atoms with E-state index < -0.39 is 11.7 Å². The molecule has 0 aliphatic carbocycles. The van der Waals surface area contributed by atoms with Crippen molar-refractivity contribution in [2.45, 2.75) is 6.42 Å². The van der Waals surface area contributed by atoms with Gasteiger partial charge in [-0.2, -0.15) is 0 Å². The molecule has 3 aromatic rings. The third-order valence-corrected chi connectivity index (χ3v) is 5.10. The van der Waals surface area contributed by atoms with Crippen LogP contribution in [0.5, 0.6) is 0 Å². The van der Waals surface area contributed by atoms with Crippen LogP contribution in [0, 0.1) is 11.7 Å². The molecule has 0 bridgehead atoms. The lowest BCUT2D eigenvalue weighted by atomic mass is 10.1. The van der Waals surface area contributed by atoms with E-state index in [1.165, 1.54) is 29.2 Å². The van der Waals surface area contributed by atoms with Crippen LogP contribution in [0.3, 0.4) is 0 Å². The summed E-state index contributed by atoms with van der Waals surface area (Å²) in [6.45, 7) is 0.189. The predicted molar refractivity (Wildman–Crippen MR) is 116 cm³/mol. The van der Waals surface area contributed by atoms with Crippen LogP contribution >= 0.6 is 0 Å². The van der Waals surface area contributed by atoms with Gasteiger partial charge in [0, 0.05) is 24.3 Å². The molecule has 3 aromatic carbocycles. The largest absolute Gasteiger partial charge is 0.325 e. The Bertz CT molecular complexity index is 1120. The fraction of sp³-hybridized carbons (Fsp3) is 0.125. The number of nitrogens with zero attached hydrogens (tertiary/aromatic N) is 1. The minimum atomic E-state index is -0.581. The van der Waals surface area contributed by atoms with E-state index in [0.717, 1.165) is 0 Å². The average Bonchev–Trinajstić information content (AvgIpc) is 3.17. The van der Waals surface area contributed by atoms with Crippen molar-refractivity contribution in [1.29, 1.82) is 0 Å². The summed E-state index contributed by atoms with van der Waals surface area (Å²) in [6.07, 6.45) is 0.0432. The summed E-state index contributed by atoms with van der Waals surface area (Å²) in [5.74, 6) is -1.88. The normalized spacial score (nSPS) is 15.6. The van der Waals surface area contributed by atoms with Crippen LogP contribution < -0.4 is 15.5 Å². The monoisotopic (exact) mass is 417 g/mol. The number of carbonyl (C=O) groups excluding carboxylic acids is 3. The fourth-order valence-corrected chi connectivity index (χ4v) is 3.50. The van der Waals surface area contributed by atoms with Crippen molar-refractivity contribution in [3.05, 3.63) is 90.2 Å². The summed E-state index contributed by atoms with van der Waals surface area (Å²) in [4.78, 5) is 39.4. The molecule has 4 rings (SSSR count). The van der Waals surface area contributed by atoms with Gasteiger partial charge in [0.25, 0.3) is 5.91 Å². The van der Waals surface area contributed by atoms with Gasteiger partial charge in [0.2, 0.25) is 11.8 Å². The lowest BCUT2D eigenvalue weighted by Gasteiger charge is -2.17. The van der Waals surface area contributed by atoms with Crippen LogP contribution in [0.2, 0.25) is 0 Å². The Morgan fingerprint density at radius 3 is 2.29 bits per heavy atom. The Morgan fingerprint density at radius 2 is 1.55 bits per heavy atom. The Labute approximate surface area is 178 Å². The van der Waals surface area contributed by atoms with Crippen molar-refractivity contribution in [2.75, 3.05) is 22.1 Å². The zero-order valence-electron chi connectivity index (χ0n) is 16.5. The van der Waals surface area contributed by atoms with E-state index in [1.54, 1.807) is 36.4 Å². The van der Waals surface area contributed by atoms with Crippen LogP contribution in [-0.4, -0.2) is 24.3 Å². The molecular weight excluding hydrogens is 397 g/mol. The lowest BCUT2D eigenvalue weighted by molar-refractivity contribution is -0.122. The van der Waals surface area contributed by atoms with E-state index in [-0.39, 0.29) is 30.7 Å². The average molecular weight is 417 g/mol. The minimum Gasteiger partial charge on any atom is -0.325 e. The first-order valence-electron chi connectivity index (χ1n) is 9.83. The Morgan fingerprint density at radius 1 is 0.871 bits per heavy atom. The number of hydrogen-bond acceptors (Lipinski definition) is 3. The molecule has 156 valence electrons. The van der Waals surface area contributed by atoms with Gasteiger partial charge in [-0.05, 0) is 48.5 Å². The molecule has 1 atom stereocenters. The highest BCUT2D eigenvalue weighted by Crippen LogP contribution is 2.27. The van der Waals surface area contributed by atoms with E-state index in [4.69, 9.17) is 0 Å². The maximum Gasteiger partial charge on any atom is 0.257 e. The smallest absolute Gasteiger partial charge is 0.257 e. The molecule has 1 heterocycles. The first kappa shape index (κ1) is 20.3. The molecule has 1 fully saturated rings. The number of carbonyl (C=O) groups is 3. The summed E-state index contributed by atoms with van der Waals surface area (Å²) in [7, 11) is 0. The van der Waals surface area contributed by atoms with Gasteiger partial charge in [0.05, 0.1) is 17.2 Å². The van der Waals surface area contributed by atoms with Gasteiger partial charge in [-0.3, -0.25) is 14.4 Å². The predicted octanol–water partition coefficient (Wildman–Crippen LogP) is 4.07. The molecule has 31 heavy (non-hydrogen) atoms. The molecule has 3 amide bonds. The quantitative estimate of drug-likeness (QED) is 0.657. The van der Waals surface area contributed by atoms with Crippen molar-refractivity contribution in [2.24, 2.45) is 5.92 Å². The highest BCUT2D eigenvalue weighted by molar-refractivity contribution is 6.11. The standard InChI is InChI=1S/C24H20FN3O3/c25-17-10-12-19(13-11-17)28-15-16(14-22(28)29)23(30)27-21-9-5-4-8-20(21)24(31)26-18-6-2-1-3-7-18/h1-13,16H,14-15H2,(H,26,31)(H,27,30)/t16-/m0/s1. The van der Waals surface area contributed by atoms with Crippen molar-refractivity contribution in [3.8, 4) is 0 Å². The molecule has 0 aromatic heterocycles. The first-order chi connectivity index (χ1) is 15.0. The molecule has 7 heteroatoms. The molecule has 1 aliphatic heterocycles. The summed E-state index contributed by atoms with van der Waals surface area (Å²) in [6, 6.07) is 21.3. The summed E-state index contributed by atoms with van der Waals surface area (Å²) in [5.41, 5.74) is 1.88. The van der Waals surface area contributed by atoms with E-state index in [2.05, 4.69) is 10.6 Å². The highest BCUT2D eigenvalue weighted by atomic mass is 19.1. The molecule has 0 saturated carbocycles. The molecule has 6 nitrogen and oxygen atoms in total. The third kappa shape index (κ3) is 4.61. The molecule has 0 spiro atoms. The minimum absolute atomic E-state index is 0.0432. The Balaban J connectivity index is 1.46. The zero-order chi connectivity index (χ0) is 21.8. The van der Waals surface area contributed by atoms with Crippen molar-refractivity contribution in [3.63, 3.8) is 0 Å². The van der Waals surface area contributed by atoms with E-state index in [0.29, 0.717) is 22.6 Å². The SMILES string of the molecule is O=C(Nc1ccccc1)c1ccccc1NC(=O)[C@H]1CC(=O)N(c2ccc(F)cc2)C1. The van der Waals surface area contributed by atoms with Gasteiger partial charge in [-0.25, -0.2) is 4.39 Å². The van der Waals surface area contributed by atoms with E-state index in [1.807, 2.05) is 18.2 Å². The molecular formula is C24H20FN3O3. The number of hydrogen-bond donors (Lipinski definition) is 2. The van der Waals surface area contributed by atoms with Gasteiger partial charge in [-0.1, -0.05) is 30.3 Å². The number of nitrogens with one attached hydrogen (secondary N) is 2. The third-order valence-electron chi connectivity index (χ3n) is 5.10. The van der Waals surface area contributed by atoms with Crippen LogP contribution in [0.15, 0.2) is 78.9 Å². The topological polar surface area (TPSA) is 78.5 Å². The second-order valence-corrected chi connectivity index (χ2v) is 7.24. The second-order valence-electron chi connectivity index (χ2n) is 7.24. The molecule has 1 saturated heterocycles. The molecule has 0 unspecified atom stereocenters. The van der Waals surface area contributed by atoms with Crippen LogP contribution in [-0.2, 0) is 9.59 Å². The van der Waals surface area contributed by atoms with Gasteiger partial charge < -0.3 is 15.5 Å². The number of benzene rings is 3. The maximum atomic E-state index is 13.2. The van der Waals surface area contributed by atoms with Crippen LogP contribution in [0.1, 0.15) is 16.8 Å². The van der Waals surface area contributed by atoms with Gasteiger partial charge in [0.1, 0.15) is 5.82 Å². The Hall–Kier alpha value is -4.00. The molecule has 2 N–H and O–H groups in total. The highest BCUT2D eigenvalue weighted by Gasteiger charge is 2.35. The zero-order valence-corrected chi connectivity index (χ0v) is 16.5. The number of para-hydroxylation sites is 2. The van der Waals surface area contributed by atoms with Crippen LogP contribution in [0.25, 0.3) is 0 Å². The number of anilines is 3. The van der Waals surface area contributed by atoms with Crippen molar-refractivity contribution in [1.82, 2.24) is 0 Å². The first-order valence-corrected chi connectivity index (χ1v) is 9.83. The fourth-order valence-electron chi connectivity index (χ4n) is 3.50. The van der Waals surface area contributed by atoms with E-state index >= 15 is 0 Å². The van der Waals surface area contributed by atoms with Gasteiger partial charge >= 0.3 is 0 Å².